The fraction of sp³-hybridized carbons (Fsp3) is 0.333. The van der Waals surface area contributed by atoms with Crippen LogP contribution in [0, 0.1) is 13.8 Å². The molecule has 2 aliphatic rings. The molecule has 2 saturated heterocycles. The van der Waals surface area contributed by atoms with Gasteiger partial charge >= 0.3 is 30.1 Å². The number of thiophene rings is 2. The van der Waals surface area contributed by atoms with Gasteiger partial charge in [-0.05, 0) is 92.1 Å². The number of nitrogens with zero attached hydrogens (tertiary/aromatic N) is 2. The number of benzene rings is 4. The molecule has 8 rings (SSSR count). The zero-order chi connectivity index (χ0) is 57.2. The number of halogens is 3. The number of rotatable bonds is 20. The molecule has 6 aromatic rings. The van der Waals surface area contributed by atoms with E-state index in [1.807, 2.05) is 78.9 Å². The number of aromatic carboxylic acids is 1. The maximum Gasteiger partial charge on any atom is 0.416 e. The summed E-state index contributed by atoms with van der Waals surface area (Å²) >= 11 is 2.16. The zero-order valence-electron chi connectivity index (χ0n) is 42.9. The Labute approximate surface area is 462 Å². The summed E-state index contributed by atoms with van der Waals surface area (Å²) in [6.45, 7) is 3.37. The maximum atomic E-state index is 13.4. The summed E-state index contributed by atoms with van der Waals surface area (Å²) in [5, 5.41) is 34.4. The number of piperidine rings is 2. The van der Waals surface area contributed by atoms with Crippen LogP contribution in [0.25, 0.3) is 20.9 Å². The normalized spacial score (nSPS) is 14.9. The number of nitrogens with one attached hydrogen (secondary N) is 2. The molecule has 2 aliphatic heterocycles. The van der Waals surface area contributed by atoms with Crippen LogP contribution in [0.4, 0.5) is 24.5 Å². The molecule has 2 fully saturated rings. The fourth-order valence-corrected chi connectivity index (χ4v) is 14.6. The van der Waals surface area contributed by atoms with Gasteiger partial charge in [-0.25, -0.2) is 44.6 Å². The highest BCUT2D eigenvalue weighted by Crippen LogP contribution is 2.44. The number of ether oxygens (including phenoxy) is 3. The maximum absolute atomic E-state index is 13.4. The first-order chi connectivity index (χ1) is 37.4. The molecule has 18 nitrogen and oxygen atoms in total. The lowest BCUT2D eigenvalue weighted by atomic mass is 10.0. The zero-order valence-corrected chi connectivity index (χ0v) is 46.2. The number of alkyl halides is 3. The van der Waals surface area contributed by atoms with Crippen molar-refractivity contribution < 1.29 is 78.7 Å². The molecule has 4 heterocycles. The Morgan fingerprint density at radius 3 is 1.52 bits per heavy atom. The molecule has 0 bridgehead atoms. The number of anilines is 2. The van der Waals surface area contributed by atoms with Gasteiger partial charge in [0.05, 0.1) is 24.2 Å². The number of carbonyl (C=O) groups excluding carboxylic acids is 1. The summed E-state index contributed by atoms with van der Waals surface area (Å²) in [4.78, 5) is 47.5. The predicted octanol–water partition coefficient (Wildman–Crippen LogP) is 9.69. The lowest BCUT2D eigenvalue weighted by Gasteiger charge is -2.32. The third kappa shape index (κ3) is 15.4. The van der Waals surface area contributed by atoms with Crippen molar-refractivity contribution in [3.05, 3.63) is 141 Å². The fourth-order valence-electron chi connectivity index (χ4n) is 9.15. The SMILES string of the molecule is COC(=O)c1sc(-c2cccc(NC3CCN(S(=O)(=O)Cc4ccccc4C(F)(F)F)CC3)c2)c(C)c1OCC(=O)O.Cc1c(-c2cccc(NC3CCN(S(=O)(=O)Cc4ccccc4)CC3)c2)sc(C(=O)O)c1OCC(=O)O. The van der Waals surface area contributed by atoms with Crippen molar-refractivity contribution in [1.82, 2.24) is 8.61 Å². The third-order valence-corrected chi connectivity index (χ3v) is 19.3. The number of carboxylic acid groups (broad SMARTS) is 3. The minimum atomic E-state index is -4.65. The molecule has 5 N–H and O–H groups in total. The van der Waals surface area contributed by atoms with Crippen molar-refractivity contribution >= 4 is 78.0 Å². The molecule has 0 unspecified atom stereocenters. The highest BCUT2D eigenvalue weighted by atomic mass is 32.2. The minimum absolute atomic E-state index is 0.00928. The quantitative estimate of drug-likeness (QED) is 0.0446. The molecule has 422 valence electrons. The van der Waals surface area contributed by atoms with E-state index in [9.17, 15) is 54.3 Å². The van der Waals surface area contributed by atoms with E-state index in [1.165, 1.54) is 29.6 Å². The Morgan fingerprint density at radius 2 is 1.06 bits per heavy atom. The van der Waals surface area contributed by atoms with E-state index in [2.05, 4.69) is 10.6 Å². The van der Waals surface area contributed by atoms with E-state index >= 15 is 0 Å². The van der Waals surface area contributed by atoms with Gasteiger partial charge in [0, 0.05) is 70.5 Å². The van der Waals surface area contributed by atoms with E-state index in [0.717, 1.165) is 56.8 Å². The molecule has 0 atom stereocenters. The van der Waals surface area contributed by atoms with Crippen LogP contribution in [0.2, 0.25) is 0 Å². The molecule has 4 aromatic carbocycles. The van der Waals surface area contributed by atoms with E-state index in [4.69, 9.17) is 24.4 Å². The van der Waals surface area contributed by atoms with Crippen LogP contribution < -0.4 is 20.1 Å². The Balaban J connectivity index is 0.000000230. The van der Waals surface area contributed by atoms with E-state index < -0.39 is 74.6 Å². The topological polar surface area (TPSA) is 255 Å². The molecule has 0 aliphatic carbocycles. The summed E-state index contributed by atoms with van der Waals surface area (Å²) in [5.74, 6) is -4.72. The van der Waals surface area contributed by atoms with Gasteiger partial charge in [-0.2, -0.15) is 13.2 Å². The number of carbonyl (C=O) groups is 4. The van der Waals surface area contributed by atoms with Gasteiger partial charge < -0.3 is 40.2 Å². The average molecular weight is 1170 g/mol. The van der Waals surface area contributed by atoms with Gasteiger partial charge in [-0.1, -0.05) is 72.8 Å². The highest BCUT2D eigenvalue weighted by Gasteiger charge is 2.36. The Hall–Kier alpha value is -7.03. The van der Waals surface area contributed by atoms with E-state index in [1.54, 1.807) is 18.2 Å². The molecule has 0 amide bonds. The average Bonchev–Trinajstić information content (AvgIpc) is 3.98. The van der Waals surface area contributed by atoms with Crippen molar-refractivity contribution in [1.29, 1.82) is 0 Å². The van der Waals surface area contributed by atoms with Crippen LogP contribution in [0.1, 0.15) is 72.8 Å². The monoisotopic (exact) mass is 1170 g/mol. The number of carboxylic acids is 3. The Kier molecular flexibility index (Phi) is 19.5. The van der Waals surface area contributed by atoms with Crippen LogP contribution >= 0.6 is 22.7 Å². The van der Waals surface area contributed by atoms with Gasteiger partial charge in [-0.3, -0.25) is 0 Å². The van der Waals surface area contributed by atoms with Crippen LogP contribution in [0.15, 0.2) is 103 Å². The van der Waals surface area contributed by atoms with Gasteiger partial charge in [0.15, 0.2) is 23.0 Å². The molecular weight excluding hydrogens is 1110 g/mol. The van der Waals surface area contributed by atoms with Crippen molar-refractivity contribution in [3.63, 3.8) is 0 Å². The number of hydrogen-bond donors (Lipinski definition) is 5. The van der Waals surface area contributed by atoms with Crippen molar-refractivity contribution in [2.45, 2.75) is 69.3 Å². The molecule has 2 aromatic heterocycles. The Bertz CT molecular complexity index is 3390. The summed E-state index contributed by atoms with van der Waals surface area (Å²) in [6.07, 6.45) is -2.43. The Morgan fingerprint density at radius 1 is 0.620 bits per heavy atom. The molecule has 0 spiro atoms. The number of methoxy groups -OCH3 is 1. The molecule has 25 heteroatoms. The smallest absolute Gasteiger partial charge is 0.416 e. The molecule has 0 saturated carbocycles. The summed E-state index contributed by atoms with van der Waals surface area (Å²) in [6, 6.07) is 28.7. The second-order valence-electron chi connectivity index (χ2n) is 18.5. The lowest BCUT2D eigenvalue weighted by molar-refractivity contribution is -0.140. The lowest BCUT2D eigenvalue weighted by Crippen LogP contribution is -2.42. The largest absolute Gasteiger partial charge is 0.480 e. The minimum Gasteiger partial charge on any atom is -0.480 e. The van der Waals surface area contributed by atoms with E-state index in [-0.39, 0.29) is 57.7 Å². The van der Waals surface area contributed by atoms with Crippen LogP contribution in [-0.2, 0) is 52.1 Å². The highest BCUT2D eigenvalue weighted by molar-refractivity contribution is 7.88. The number of sulfonamides is 2. The van der Waals surface area contributed by atoms with Crippen molar-refractivity contribution in [2.75, 3.05) is 57.1 Å². The molecular formula is C54H57F3N4O14S4. The molecule has 0 radical (unpaired) electrons. The van der Waals surface area contributed by atoms with E-state index in [0.29, 0.717) is 59.7 Å². The standard InChI is InChI=1S/C28H29F3N2O7S2.C26H28N2O7S2/c1-17-24(40-15-23(34)35)26(27(36)39-2)41-25(17)18-7-5-8-21(14-18)32-20-10-12-33(13-11-20)42(37,38)16-19-6-3-4-9-22(19)28(29,30)31;1-17-23(35-15-22(29)30)25(26(31)32)36-24(17)19-8-5-9-21(14-19)27-20-10-12-28(13-11-20)37(33,34)16-18-6-3-2-4-7-18/h3-9,14,20,32H,10-13,15-16H2,1-2H3,(H,34,35);2-9,14,20,27H,10-13,15-16H2,1H3,(H,29,30)(H,31,32). The second kappa shape index (κ2) is 25.8. The number of aliphatic carboxylic acids is 2. The second-order valence-corrected chi connectivity index (χ2v) is 24.5. The number of esters is 1. The van der Waals surface area contributed by atoms with Crippen LogP contribution in [0.3, 0.4) is 0 Å². The van der Waals surface area contributed by atoms with Crippen LogP contribution in [0.5, 0.6) is 11.5 Å². The molecule has 79 heavy (non-hydrogen) atoms. The first-order valence-corrected chi connectivity index (χ1v) is 29.4. The van der Waals surface area contributed by atoms with Gasteiger partial charge in [0.2, 0.25) is 20.0 Å². The summed E-state index contributed by atoms with van der Waals surface area (Å²) in [7, 11) is -6.13. The van der Waals surface area contributed by atoms with Gasteiger partial charge in [0.25, 0.3) is 0 Å². The van der Waals surface area contributed by atoms with Crippen molar-refractivity contribution in [2.24, 2.45) is 0 Å². The predicted molar refractivity (Wildman–Crippen MR) is 293 cm³/mol. The summed E-state index contributed by atoms with van der Waals surface area (Å²) in [5.41, 5.74) is 3.80. The number of hydrogen-bond acceptors (Lipinski definition) is 15. The van der Waals surface area contributed by atoms with Gasteiger partial charge in [-0.15, -0.1) is 22.7 Å². The summed E-state index contributed by atoms with van der Waals surface area (Å²) < 4.78 is 110. The first kappa shape index (κ1) is 59.6. The first-order valence-electron chi connectivity index (χ1n) is 24.6. The van der Waals surface area contributed by atoms with Crippen LogP contribution in [-0.4, -0.2) is 123 Å². The van der Waals surface area contributed by atoms with Crippen molar-refractivity contribution in [3.8, 4) is 32.4 Å². The van der Waals surface area contributed by atoms with Gasteiger partial charge in [0.1, 0.15) is 11.5 Å². The third-order valence-electron chi connectivity index (χ3n) is 13.0.